The highest BCUT2D eigenvalue weighted by Crippen LogP contribution is 2.56. The van der Waals surface area contributed by atoms with E-state index < -0.39 is 5.54 Å². The minimum Gasteiger partial charge on any atom is -0.362 e. The van der Waals surface area contributed by atoms with Crippen LogP contribution in [0.15, 0.2) is 41.5 Å². The lowest BCUT2D eigenvalue weighted by Crippen LogP contribution is -2.61. The molecule has 0 bridgehead atoms. The number of hydrogen-bond acceptors (Lipinski definition) is 4. The fraction of sp³-hybridized carbons (Fsp3) is 0.560. The van der Waals surface area contributed by atoms with Crippen LogP contribution in [0.4, 0.5) is 0 Å². The van der Waals surface area contributed by atoms with Crippen LogP contribution in [0.1, 0.15) is 59.1 Å². The predicted octanol–water partition coefficient (Wildman–Crippen LogP) is 5.54. The molecule has 5 nitrogen and oxygen atoms in total. The maximum Gasteiger partial charge on any atom is 0.129 e. The lowest BCUT2D eigenvalue weighted by molar-refractivity contribution is -0.129. The zero-order chi connectivity index (χ0) is 22.0. The Morgan fingerprint density at radius 3 is 2.84 bits per heavy atom. The average Bonchev–Trinajstić information content (AvgIpc) is 3.12. The Morgan fingerprint density at radius 1 is 1.32 bits per heavy atom. The van der Waals surface area contributed by atoms with Gasteiger partial charge in [0.25, 0.3) is 0 Å². The highest BCUT2D eigenvalue weighted by Gasteiger charge is 2.54. The van der Waals surface area contributed by atoms with Gasteiger partial charge in [0.15, 0.2) is 0 Å². The number of aromatic nitrogens is 2. The van der Waals surface area contributed by atoms with Gasteiger partial charge in [-0.1, -0.05) is 50.1 Å². The number of ether oxygens (including phenoxy) is 1. The molecule has 4 unspecified atom stereocenters. The van der Waals surface area contributed by atoms with Crippen molar-refractivity contribution in [1.29, 1.82) is 0 Å². The molecule has 5 rings (SSSR count). The van der Waals surface area contributed by atoms with Crippen LogP contribution >= 0.6 is 11.6 Å². The first-order chi connectivity index (χ1) is 14.8. The summed E-state index contributed by atoms with van der Waals surface area (Å²) in [7, 11) is 0. The molecule has 2 aromatic heterocycles. The molecule has 0 spiro atoms. The second-order valence-corrected chi connectivity index (χ2v) is 10.2. The standard InChI is InChI=1S/C25H33ClN4O/c1-5-17-16(2)11-12-24(3)15-29-19-9-10-21(26)28-18(19)14-20(29)25(4,23(17)24)30(27)22-8-6-7-13-31-22/h9-12,14,16,22H,5-8,13,15,27H2,1-4H3. The fourth-order valence-electron chi connectivity index (χ4n) is 6.29. The van der Waals surface area contributed by atoms with Crippen LogP contribution in [-0.2, 0) is 16.8 Å². The van der Waals surface area contributed by atoms with E-state index in [9.17, 15) is 0 Å². The normalized spacial score (nSPS) is 33.1. The topological polar surface area (TPSA) is 56.3 Å². The van der Waals surface area contributed by atoms with E-state index in [2.05, 4.69) is 61.5 Å². The summed E-state index contributed by atoms with van der Waals surface area (Å²) in [5.41, 5.74) is 5.48. The number of nitrogens with zero attached hydrogens (tertiary/aromatic N) is 3. The van der Waals surface area contributed by atoms with Gasteiger partial charge in [-0.2, -0.15) is 0 Å². The summed E-state index contributed by atoms with van der Waals surface area (Å²) in [6.07, 6.45) is 8.87. The maximum atomic E-state index is 7.04. The van der Waals surface area contributed by atoms with E-state index in [0.29, 0.717) is 11.1 Å². The largest absolute Gasteiger partial charge is 0.362 e. The summed E-state index contributed by atoms with van der Waals surface area (Å²) in [6.45, 7) is 10.8. The summed E-state index contributed by atoms with van der Waals surface area (Å²) < 4.78 is 8.59. The summed E-state index contributed by atoms with van der Waals surface area (Å²) in [5.74, 6) is 7.44. The van der Waals surface area contributed by atoms with Crippen molar-refractivity contribution in [3.8, 4) is 0 Å². The van der Waals surface area contributed by atoms with Gasteiger partial charge in [0.1, 0.15) is 11.4 Å². The van der Waals surface area contributed by atoms with Crippen molar-refractivity contribution in [1.82, 2.24) is 14.6 Å². The smallest absolute Gasteiger partial charge is 0.129 e. The zero-order valence-electron chi connectivity index (χ0n) is 19.0. The zero-order valence-corrected chi connectivity index (χ0v) is 19.7. The first-order valence-corrected chi connectivity index (χ1v) is 11.9. The van der Waals surface area contributed by atoms with Crippen molar-refractivity contribution in [3.05, 3.63) is 52.3 Å². The molecule has 31 heavy (non-hydrogen) atoms. The summed E-state index contributed by atoms with van der Waals surface area (Å²) in [5, 5.41) is 2.52. The van der Waals surface area contributed by atoms with Crippen molar-refractivity contribution in [3.63, 3.8) is 0 Å². The van der Waals surface area contributed by atoms with Crippen molar-refractivity contribution in [2.75, 3.05) is 6.61 Å². The van der Waals surface area contributed by atoms with Crippen molar-refractivity contribution < 1.29 is 4.74 Å². The Bertz CT molecular complexity index is 1080. The van der Waals surface area contributed by atoms with E-state index in [0.717, 1.165) is 49.9 Å². The van der Waals surface area contributed by atoms with E-state index in [1.165, 1.54) is 16.8 Å². The number of rotatable bonds is 3. The molecule has 3 aliphatic rings. The van der Waals surface area contributed by atoms with Crippen LogP contribution in [0.5, 0.6) is 0 Å². The molecule has 2 N–H and O–H groups in total. The monoisotopic (exact) mass is 440 g/mol. The van der Waals surface area contributed by atoms with Gasteiger partial charge in [-0.05, 0) is 62.3 Å². The fourth-order valence-corrected chi connectivity index (χ4v) is 6.44. The third-order valence-electron chi connectivity index (χ3n) is 7.75. The summed E-state index contributed by atoms with van der Waals surface area (Å²) in [4.78, 5) is 4.63. The summed E-state index contributed by atoms with van der Waals surface area (Å²) >= 11 is 6.26. The molecule has 0 amide bonds. The van der Waals surface area contributed by atoms with Crippen molar-refractivity contribution in [2.45, 2.75) is 71.7 Å². The molecule has 1 saturated heterocycles. The highest BCUT2D eigenvalue weighted by molar-refractivity contribution is 6.29. The van der Waals surface area contributed by atoms with Crippen LogP contribution in [0.25, 0.3) is 11.0 Å². The number of pyridine rings is 1. The van der Waals surface area contributed by atoms with Gasteiger partial charge in [0, 0.05) is 24.3 Å². The summed E-state index contributed by atoms with van der Waals surface area (Å²) in [6, 6.07) is 6.15. The average molecular weight is 441 g/mol. The molecule has 2 aliphatic heterocycles. The maximum absolute atomic E-state index is 7.04. The number of hydrazine groups is 1. The van der Waals surface area contributed by atoms with Crippen LogP contribution in [0, 0.1) is 11.3 Å². The van der Waals surface area contributed by atoms with E-state index in [1.54, 1.807) is 0 Å². The third kappa shape index (κ3) is 3.05. The van der Waals surface area contributed by atoms with Gasteiger partial charge in [0.2, 0.25) is 0 Å². The first kappa shape index (κ1) is 21.2. The molecule has 0 aromatic carbocycles. The van der Waals surface area contributed by atoms with Gasteiger partial charge >= 0.3 is 0 Å². The van der Waals surface area contributed by atoms with Crippen molar-refractivity contribution >= 4 is 22.6 Å². The molecule has 0 radical (unpaired) electrons. The highest BCUT2D eigenvalue weighted by atomic mass is 35.5. The molecule has 0 saturated carbocycles. The SMILES string of the molecule is CCC1=C2C(C)(C=CC1C)Cn1c(cc3nc(Cl)ccc31)C2(C)N(N)C1CCCCO1. The van der Waals surface area contributed by atoms with Crippen molar-refractivity contribution in [2.24, 2.45) is 17.2 Å². The lowest BCUT2D eigenvalue weighted by Gasteiger charge is -2.55. The van der Waals surface area contributed by atoms with Gasteiger partial charge in [-0.25, -0.2) is 9.99 Å². The van der Waals surface area contributed by atoms with Crippen LogP contribution in [-0.4, -0.2) is 27.4 Å². The second kappa shape index (κ2) is 7.45. The number of nitrogens with two attached hydrogens (primary N) is 1. The lowest BCUT2D eigenvalue weighted by atomic mass is 9.61. The van der Waals surface area contributed by atoms with E-state index >= 15 is 0 Å². The Morgan fingerprint density at radius 2 is 2.13 bits per heavy atom. The number of fused-ring (bicyclic) bond motifs is 4. The molecule has 166 valence electrons. The predicted molar refractivity (Wildman–Crippen MR) is 125 cm³/mol. The van der Waals surface area contributed by atoms with E-state index in [4.69, 9.17) is 22.2 Å². The quantitative estimate of drug-likeness (QED) is 0.294. The minimum absolute atomic E-state index is 0.101. The van der Waals surface area contributed by atoms with Gasteiger partial charge in [0.05, 0.1) is 16.6 Å². The molecule has 4 heterocycles. The molecule has 6 heteroatoms. The Kier molecular flexibility index (Phi) is 5.09. The minimum atomic E-state index is -0.507. The van der Waals surface area contributed by atoms with Gasteiger partial charge < -0.3 is 9.30 Å². The van der Waals surface area contributed by atoms with Crippen LogP contribution in [0.3, 0.4) is 0 Å². The van der Waals surface area contributed by atoms with Gasteiger partial charge in [-0.15, -0.1) is 0 Å². The molecular formula is C25H33ClN4O. The number of halogens is 1. The first-order valence-electron chi connectivity index (χ1n) is 11.5. The molecule has 4 atom stereocenters. The molecule has 2 aromatic rings. The van der Waals surface area contributed by atoms with Crippen LogP contribution in [0.2, 0.25) is 5.15 Å². The Balaban J connectivity index is 1.80. The van der Waals surface area contributed by atoms with Gasteiger partial charge in [-0.3, -0.25) is 5.84 Å². The van der Waals surface area contributed by atoms with E-state index in [-0.39, 0.29) is 11.6 Å². The Labute approximate surface area is 189 Å². The second-order valence-electron chi connectivity index (χ2n) is 9.77. The van der Waals surface area contributed by atoms with Crippen LogP contribution < -0.4 is 5.84 Å². The third-order valence-corrected chi connectivity index (χ3v) is 7.96. The number of hydrogen-bond donors (Lipinski definition) is 1. The molecule has 1 fully saturated rings. The molecular weight excluding hydrogens is 408 g/mol. The number of allylic oxidation sites excluding steroid dienone is 3. The molecule has 1 aliphatic carbocycles. The van der Waals surface area contributed by atoms with E-state index in [1.807, 2.05) is 11.1 Å². The Hall–Kier alpha value is -1.66.